The fourth-order valence-electron chi connectivity index (χ4n) is 2.80. The van der Waals surface area contributed by atoms with Gasteiger partial charge in [-0.05, 0) is 45.6 Å². The molecule has 2 rings (SSSR count). The first-order valence-electron chi connectivity index (χ1n) is 10.0. The van der Waals surface area contributed by atoms with Crippen LogP contribution in [0.1, 0.15) is 23.6 Å². The quantitative estimate of drug-likeness (QED) is 0.280. The Hall–Kier alpha value is -2.00. The van der Waals surface area contributed by atoms with Gasteiger partial charge in [0.2, 0.25) is 0 Å². The van der Waals surface area contributed by atoms with Gasteiger partial charge in [0, 0.05) is 30.8 Å². The number of benzene rings is 2. The van der Waals surface area contributed by atoms with Crippen LogP contribution in [-0.4, -0.2) is 51.8 Å². The summed E-state index contributed by atoms with van der Waals surface area (Å²) in [5.74, 6) is 2.53. The summed E-state index contributed by atoms with van der Waals surface area (Å²) in [6, 6.07) is 14.3. The van der Waals surface area contributed by atoms with Crippen molar-refractivity contribution in [3.8, 4) is 11.5 Å². The summed E-state index contributed by atoms with van der Waals surface area (Å²) in [5.41, 5.74) is 3.34. The Morgan fingerprint density at radius 2 is 1.80 bits per heavy atom. The number of aryl methyl sites for hydroxylation is 1. The average Bonchev–Trinajstić information content (AvgIpc) is 2.71. The van der Waals surface area contributed by atoms with Crippen molar-refractivity contribution in [2.45, 2.75) is 26.9 Å². The Balaban J connectivity index is 0.00000450. The number of likely N-dealkylation sites (N-methyl/N-ethyl adjacent to an activating group) is 1. The number of methoxy groups -OCH3 is 1. The zero-order valence-corrected chi connectivity index (χ0v) is 21.0. The lowest BCUT2D eigenvalue weighted by Crippen LogP contribution is -2.36. The number of hydrogen-bond donors (Lipinski definition) is 2. The molecule has 0 saturated heterocycles. The van der Waals surface area contributed by atoms with Crippen molar-refractivity contribution in [2.75, 3.05) is 40.9 Å². The molecule has 166 valence electrons. The van der Waals surface area contributed by atoms with E-state index in [1.165, 1.54) is 5.56 Å². The van der Waals surface area contributed by atoms with E-state index in [1.807, 2.05) is 38.4 Å². The van der Waals surface area contributed by atoms with E-state index >= 15 is 0 Å². The van der Waals surface area contributed by atoms with Crippen molar-refractivity contribution >= 4 is 29.9 Å². The summed E-state index contributed by atoms with van der Waals surface area (Å²) in [6.07, 6.45) is 0. The lowest BCUT2D eigenvalue weighted by atomic mass is 10.1. The molecule has 0 aliphatic rings. The summed E-state index contributed by atoms with van der Waals surface area (Å²) in [4.78, 5) is 6.84. The fraction of sp³-hybridized carbons (Fsp3) is 0.435. The van der Waals surface area contributed by atoms with Gasteiger partial charge in [-0.3, -0.25) is 0 Å². The van der Waals surface area contributed by atoms with Crippen molar-refractivity contribution in [1.82, 2.24) is 15.5 Å². The third kappa shape index (κ3) is 8.79. The summed E-state index contributed by atoms with van der Waals surface area (Å²) in [7, 11) is 5.78. The minimum atomic E-state index is 0. The van der Waals surface area contributed by atoms with Crippen LogP contribution in [0.15, 0.2) is 47.5 Å². The van der Waals surface area contributed by atoms with Gasteiger partial charge in [0.05, 0.1) is 13.7 Å². The summed E-state index contributed by atoms with van der Waals surface area (Å²) < 4.78 is 11.4. The van der Waals surface area contributed by atoms with Gasteiger partial charge in [0.1, 0.15) is 18.1 Å². The zero-order chi connectivity index (χ0) is 21.1. The molecule has 0 radical (unpaired) electrons. The Morgan fingerprint density at radius 3 is 2.50 bits per heavy atom. The number of ether oxygens (including phenoxy) is 2. The third-order valence-corrected chi connectivity index (χ3v) is 4.41. The van der Waals surface area contributed by atoms with Crippen molar-refractivity contribution in [1.29, 1.82) is 0 Å². The Morgan fingerprint density at radius 1 is 1.03 bits per heavy atom. The van der Waals surface area contributed by atoms with Crippen molar-refractivity contribution < 1.29 is 9.47 Å². The van der Waals surface area contributed by atoms with E-state index in [4.69, 9.17) is 14.5 Å². The minimum Gasteiger partial charge on any atom is -0.496 e. The molecular formula is C23H35IN4O2. The molecule has 2 N–H and O–H groups in total. The van der Waals surface area contributed by atoms with E-state index in [1.54, 1.807) is 7.11 Å². The number of para-hydroxylation sites is 1. The molecule has 7 heteroatoms. The largest absolute Gasteiger partial charge is 0.496 e. The van der Waals surface area contributed by atoms with Crippen molar-refractivity contribution in [3.05, 3.63) is 59.2 Å². The molecule has 0 saturated carbocycles. The molecule has 0 bridgehead atoms. The second-order valence-electron chi connectivity index (χ2n) is 7.12. The lowest BCUT2D eigenvalue weighted by molar-refractivity contribution is 0.259. The monoisotopic (exact) mass is 526 g/mol. The van der Waals surface area contributed by atoms with Crippen LogP contribution in [0.5, 0.6) is 11.5 Å². The number of aliphatic imine (C=N–C) groups is 1. The normalized spacial score (nSPS) is 11.1. The van der Waals surface area contributed by atoms with Crippen molar-refractivity contribution in [2.24, 2.45) is 4.99 Å². The Bertz CT molecular complexity index is 797. The SMILES string of the molecule is CCNC(=NCc1ccccc1OCCN(C)C)NCc1ccc(C)cc1OC.I. The van der Waals surface area contributed by atoms with Gasteiger partial charge in [-0.2, -0.15) is 0 Å². The van der Waals surface area contributed by atoms with Crippen LogP contribution in [0.25, 0.3) is 0 Å². The zero-order valence-electron chi connectivity index (χ0n) is 18.7. The highest BCUT2D eigenvalue weighted by Gasteiger charge is 2.06. The van der Waals surface area contributed by atoms with Gasteiger partial charge in [-0.1, -0.05) is 30.3 Å². The number of rotatable bonds is 10. The first kappa shape index (κ1) is 26.0. The van der Waals surface area contributed by atoms with E-state index in [9.17, 15) is 0 Å². The molecule has 0 spiro atoms. The molecule has 0 aliphatic heterocycles. The Kier molecular flexibility index (Phi) is 12.2. The number of hydrogen-bond acceptors (Lipinski definition) is 4. The molecule has 0 fully saturated rings. The summed E-state index contributed by atoms with van der Waals surface area (Å²) in [5, 5.41) is 6.69. The number of nitrogens with one attached hydrogen (secondary N) is 2. The minimum absolute atomic E-state index is 0. The maximum atomic E-state index is 5.94. The van der Waals surface area contributed by atoms with Gasteiger partial charge in [-0.25, -0.2) is 4.99 Å². The fourth-order valence-corrected chi connectivity index (χ4v) is 2.80. The molecular weight excluding hydrogens is 491 g/mol. The maximum absolute atomic E-state index is 5.94. The highest BCUT2D eigenvalue weighted by atomic mass is 127. The second-order valence-corrected chi connectivity index (χ2v) is 7.12. The van der Waals surface area contributed by atoms with Gasteiger partial charge >= 0.3 is 0 Å². The molecule has 0 heterocycles. The van der Waals surface area contributed by atoms with E-state index in [-0.39, 0.29) is 24.0 Å². The lowest BCUT2D eigenvalue weighted by Gasteiger charge is -2.15. The van der Waals surface area contributed by atoms with Gasteiger partial charge in [0.15, 0.2) is 5.96 Å². The van der Waals surface area contributed by atoms with E-state index in [0.717, 1.165) is 41.7 Å². The predicted octanol–water partition coefficient (Wildman–Crippen LogP) is 3.82. The van der Waals surface area contributed by atoms with Crippen LogP contribution >= 0.6 is 24.0 Å². The number of nitrogens with zero attached hydrogens (tertiary/aromatic N) is 2. The van der Waals surface area contributed by atoms with E-state index < -0.39 is 0 Å². The molecule has 6 nitrogen and oxygen atoms in total. The highest BCUT2D eigenvalue weighted by Crippen LogP contribution is 2.20. The molecule has 30 heavy (non-hydrogen) atoms. The second kappa shape index (κ2) is 14.1. The number of guanidine groups is 1. The van der Waals surface area contributed by atoms with Gasteiger partial charge in [-0.15, -0.1) is 24.0 Å². The molecule has 0 atom stereocenters. The molecule has 0 aromatic heterocycles. The smallest absolute Gasteiger partial charge is 0.191 e. The van der Waals surface area contributed by atoms with Crippen LogP contribution in [0.3, 0.4) is 0 Å². The molecule has 2 aromatic carbocycles. The van der Waals surface area contributed by atoms with Crippen molar-refractivity contribution in [3.63, 3.8) is 0 Å². The predicted molar refractivity (Wildman–Crippen MR) is 135 cm³/mol. The molecule has 2 aromatic rings. The molecule has 0 amide bonds. The standard InChI is InChI=1S/C23H34N4O2.HI/c1-6-24-23(26-17-20-12-11-18(2)15-22(20)28-5)25-16-19-9-7-8-10-21(19)29-14-13-27(3)4;/h7-12,15H,6,13-14,16-17H2,1-5H3,(H2,24,25,26);1H. The van der Waals surface area contributed by atoms with Crippen LogP contribution in [-0.2, 0) is 13.1 Å². The Labute approximate surface area is 198 Å². The first-order valence-corrected chi connectivity index (χ1v) is 10.0. The summed E-state index contributed by atoms with van der Waals surface area (Å²) >= 11 is 0. The topological polar surface area (TPSA) is 58.1 Å². The molecule has 0 unspecified atom stereocenters. The van der Waals surface area contributed by atoms with E-state index in [0.29, 0.717) is 19.7 Å². The third-order valence-electron chi connectivity index (χ3n) is 4.41. The van der Waals surface area contributed by atoms with Crippen LogP contribution < -0.4 is 20.1 Å². The highest BCUT2D eigenvalue weighted by molar-refractivity contribution is 14.0. The van der Waals surface area contributed by atoms with Crippen LogP contribution in [0.4, 0.5) is 0 Å². The van der Waals surface area contributed by atoms with Crippen LogP contribution in [0.2, 0.25) is 0 Å². The summed E-state index contributed by atoms with van der Waals surface area (Å²) in [6.45, 7) is 7.61. The first-order chi connectivity index (χ1) is 14.0. The molecule has 0 aliphatic carbocycles. The van der Waals surface area contributed by atoms with E-state index in [2.05, 4.69) is 47.6 Å². The maximum Gasteiger partial charge on any atom is 0.191 e. The number of halogens is 1. The van der Waals surface area contributed by atoms with Gasteiger partial charge < -0.3 is 25.0 Å². The van der Waals surface area contributed by atoms with Crippen LogP contribution in [0, 0.1) is 6.92 Å². The van der Waals surface area contributed by atoms with Gasteiger partial charge in [0.25, 0.3) is 0 Å². The average molecular weight is 526 g/mol.